The van der Waals surface area contributed by atoms with Crippen LogP contribution in [0.15, 0.2) is 30.3 Å². The highest BCUT2D eigenvalue weighted by Gasteiger charge is 2.34. The summed E-state index contributed by atoms with van der Waals surface area (Å²) in [7, 11) is 0. The molecule has 2 aromatic rings. The summed E-state index contributed by atoms with van der Waals surface area (Å²) in [5.74, 6) is -3.98. The fourth-order valence-corrected chi connectivity index (χ4v) is 4.11. The second-order valence-corrected chi connectivity index (χ2v) is 9.29. The Bertz CT molecular complexity index is 1060. The number of carbonyl (C=O) groups excluding carboxylic acids is 2. The van der Waals surface area contributed by atoms with E-state index in [1.807, 2.05) is 22.6 Å². The Hall–Kier alpha value is -2.42. The van der Waals surface area contributed by atoms with Crippen LogP contribution in [0.3, 0.4) is 0 Å². The fourth-order valence-electron chi connectivity index (χ4n) is 3.66. The van der Waals surface area contributed by atoms with Gasteiger partial charge in [-0.2, -0.15) is 0 Å². The minimum Gasteiger partial charge on any atom is -0.395 e. The fraction of sp³-hybridized carbons (Fsp3) is 0.391. The van der Waals surface area contributed by atoms with Crippen LogP contribution in [0.25, 0.3) is 0 Å². The molecule has 0 atom stereocenters. The first-order valence-corrected chi connectivity index (χ1v) is 12.0. The lowest BCUT2D eigenvalue weighted by atomic mass is 10.0. The van der Waals surface area contributed by atoms with E-state index in [0.29, 0.717) is 23.2 Å². The van der Waals surface area contributed by atoms with Gasteiger partial charge >= 0.3 is 0 Å². The van der Waals surface area contributed by atoms with Crippen molar-refractivity contribution < 1.29 is 33.0 Å². The standard InChI is InChI=1S/C23H26F3IN4O4/c24-17-3-2-16(22(21(17)26)29-19-4-1-14(27)11-18(19)25)23(35)31-12-15(13-31)28-20(34)5-6-30(7-9-32)8-10-33/h1-4,11,15,29,32-33H,5-10,12-13H2,(H,28,34). The summed E-state index contributed by atoms with van der Waals surface area (Å²) >= 11 is 1.91. The summed E-state index contributed by atoms with van der Waals surface area (Å²) in [6, 6.07) is 5.84. The van der Waals surface area contributed by atoms with Gasteiger partial charge in [-0.3, -0.25) is 14.5 Å². The molecule has 1 aliphatic rings. The van der Waals surface area contributed by atoms with Crippen LogP contribution in [-0.4, -0.2) is 83.8 Å². The molecule has 35 heavy (non-hydrogen) atoms. The van der Waals surface area contributed by atoms with Gasteiger partial charge in [-0.1, -0.05) is 0 Å². The second kappa shape index (κ2) is 12.5. The molecule has 12 heteroatoms. The van der Waals surface area contributed by atoms with Gasteiger partial charge in [-0.25, -0.2) is 13.2 Å². The minimum absolute atomic E-state index is 0.0850. The molecule has 1 heterocycles. The molecule has 1 fully saturated rings. The number of nitrogens with zero attached hydrogens (tertiary/aromatic N) is 2. The Kier molecular flexibility index (Phi) is 9.71. The molecule has 0 saturated carbocycles. The Morgan fingerprint density at radius 3 is 2.34 bits per heavy atom. The summed E-state index contributed by atoms with van der Waals surface area (Å²) in [4.78, 5) is 28.3. The predicted octanol–water partition coefficient (Wildman–Crippen LogP) is 2.07. The number of likely N-dealkylation sites (tertiary alicyclic amines) is 1. The van der Waals surface area contributed by atoms with Crippen molar-refractivity contribution in [3.63, 3.8) is 0 Å². The third-order valence-corrected chi connectivity index (χ3v) is 6.21. The number of amides is 2. The van der Waals surface area contributed by atoms with Crippen LogP contribution in [0.2, 0.25) is 0 Å². The normalized spacial score (nSPS) is 13.6. The van der Waals surface area contributed by atoms with Gasteiger partial charge in [0.1, 0.15) is 5.82 Å². The molecule has 0 aliphatic carbocycles. The molecule has 0 unspecified atom stereocenters. The molecular formula is C23H26F3IN4O4. The first kappa shape index (κ1) is 27.2. The smallest absolute Gasteiger partial charge is 0.256 e. The van der Waals surface area contributed by atoms with Gasteiger partial charge in [-0.05, 0) is 52.9 Å². The lowest BCUT2D eigenvalue weighted by molar-refractivity contribution is -0.123. The van der Waals surface area contributed by atoms with E-state index in [-0.39, 0.29) is 55.9 Å². The van der Waals surface area contributed by atoms with Gasteiger partial charge in [0.05, 0.1) is 36.2 Å². The number of aliphatic hydroxyl groups is 2. The van der Waals surface area contributed by atoms with Crippen LogP contribution in [0.4, 0.5) is 24.5 Å². The molecule has 1 aliphatic heterocycles. The van der Waals surface area contributed by atoms with Crippen molar-refractivity contribution in [2.75, 3.05) is 51.3 Å². The van der Waals surface area contributed by atoms with Gasteiger partial charge < -0.3 is 25.7 Å². The quantitative estimate of drug-likeness (QED) is 0.292. The number of halogens is 4. The lowest BCUT2D eigenvalue weighted by Crippen LogP contribution is -2.61. The molecule has 0 radical (unpaired) electrons. The average molecular weight is 606 g/mol. The van der Waals surface area contributed by atoms with Crippen LogP contribution >= 0.6 is 22.6 Å². The van der Waals surface area contributed by atoms with Crippen LogP contribution in [-0.2, 0) is 4.79 Å². The molecule has 2 aromatic carbocycles. The van der Waals surface area contributed by atoms with E-state index >= 15 is 0 Å². The highest BCUT2D eigenvalue weighted by atomic mass is 127. The maximum atomic E-state index is 14.6. The molecular weight excluding hydrogens is 580 g/mol. The van der Waals surface area contributed by atoms with Crippen molar-refractivity contribution in [1.82, 2.24) is 15.1 Å². The minimum atomic E-state index is -1.30. The predicted molar refractivity (Wildman–Crippen MR) is 132 cm³/mol. The van der Waals surface area contributed by atoms with E-state index in [0.717, 1.165) is 12.1 Å². The molecule has 4 N–H and O–H groups in total. The first-order chi connectivity index (χ1) is 16.7. The molecule has 190 valence electrons. The third-order valence-electron chi connectivity index (χ3n) is 5.54. The van der Waals surface area contributed by atoms with Crippen molar-refractivity contribution >= 4 is 45.8 Å². The van der Waals surface area contributed by atoms with Gasteiger partial charge in [-0.15, -0.1) is 0 Å². The molecule has 0 bridgehead atoms. The van der Waals surface area contributed by atoms with Crippen molar-refractivity contribution in [1.29, 1.82) is 0 Å². The van der Waals surface area contributed by atoms with E-state index in [9.17, 15) is 22.8 Å². The van der Waals surface area contributed by atoms with Crippen LogP contribution in [0.5, 0.6) is 0 Å². The van der Waals surface area contributed by atoms with E-state index in [4.69, 9.17) is 10.2 Å². The molecule has 3 rings (SSSR count). The maximum Gasteiger partial charge on any atom is 0.256 e. The Balaban J connectivity index is 1.61. The number of benzene rings is 2. The average Bonchev–Trinajstić information content (AvgIpc) is 2.79. The number of rotatable bonds is 11. The number of nitrogens with one attached hydrogen (secondary N) is 2. The number of hydrogen-bond donors (Lipinski definition) is 4. The van der Waals surface area contributed by atoms with Crippen LogP contribution in [0.1, 0.15) is 16.8 Å². The van der Waals surface area contributed by atoms with Crippen LogP contribution < -0.4 is 10.6 Å². The van der Waals surface area contributed by atoms with Gasteiger partial charge in [0, 0.05) is 42.7 Å². The summed E-state index contributed by atoms with van der Waals surface area (Å²) in [5.41, 5.74) is -0.722. The van der Waals surface area contributed by atoms with Gasteiger partial charge in [0.25, 0.3) is 5.91 Å². The molecule has 2 amide bonds. The number of anilines is 2. The highest BCUT2D eigenvalue weighted by Crippen LogP contribution is 2.30. The van der Waals surface area contributed by atoms with Gasteiger partial charge in [0.15, 0.2) is 11.6 Å². The monoisotopic (exact) mass is 606 g/mol. The number of carbonyl (C=O) groups is 2. The van der Waals surface area contributed by atoms with Crippen molar-refractivity contribution in [2.45, 2.75) is 12.5 Å². The van der Waals surface area contributed by atoms with Crippen molar-refractivity contribution in [3.05, 3.63) is 56.9 Å². The van der Waals surface area contributed by atoms with E-state index in [1.165, 1.54) is 17.0 Å². The zero-order valence-corrected chi connectivity index (χ0v) is 20.9. The molecule has 8 nitrogen and oxygen atoms in total. The Morgan fingerprint density at radius 1 is 1.03 bits per heavy atom. The van der Waals surface area contributed by atoms with Crippen molar-refractivity contribution in [3.8, 4) is 0 Å². The summed E-state index contributed by atoms with van der Waals surface area (Å²) in [6.45, 7) is 1.24. The summed E-state index contributed by atoms with van der Waals surface area (Å²) < 4.78 is 43.4. The van der Waals surface area contributed by atoms with Crippen molar-refractivity contribution in [2.24, 2.45) is 0 Å². The summed E-state index contributed by atoms with van der Waals surface area (Å²) in [6.07, 6.45) is 0.156. The number of aliphatic hydroxyl groups excluding tert-OH is 2. The number of hydrogen-bond acceptors (Lipinski definition) is 6. The van der Waals surface area contributed by atoms with E-state index in [1.54, 1.807) is 11.0 Å². The zero-order valence-electron chi connectivity index (χ0n) is 18.7. The highest BCUT2D eigenvalue weighted by molar-refractivity contribution is 14.1. The topological polar surface area (TPSA) is 105 Å². The lowest BCUT2D eigenvalue weighted by Gasteiger charge is -2.40. The molecule has 0 aromatic heterocycles. The Morgan fingerprint density at radius 2 is 1.71 bits per heavy atom. The largest absolute Gasteiger partial charge is 0.395 e. The Labute approximate surface area is 214 Å². The van der Waals surface area contributed by atoms with Gasteiger partial charge in [0.2, 0.25) is 5.91 Å². The van der Waals surface area contributed by atoms with E-state index < -0.39 is 29.0 Å². The zero-order chi connectivity index (χ0) is 25.5. The molecule has 0 spiro atoms. The summed E-state index contributed by atoms with van der Waals surface area (Å²) in [5, 5.41) is 23.3. The third kappa shape index (κ3) is 7.06. The SMILES string of the molecule is O=C(CCN(CCO)CCO)NC1CN(C(=O)c2ccc(F)c(F)c2Nc2ccc(I)cc2F)C1. The van der Waals surface area contributed by atoms with E-state index in [2.05, 4.69) is 10.6 Å². The maximum absolute atomic E-state index is 14.6. The second-order valence-electron chi connectivity index (χ2n) is 8.05. The molecule has 1 saturated heterocycles. The van der Waals surface area contributed by atoms with Crippen LogP contribution in [0, 0.1) is 21.0 Å². The first-order valence-electron chi connectivity index (χ1n) is 11.0.